The lowest BCUT2D eigenvalue weighted by Gasteiger charge is -2.19. The van der Waals surface area contributed by atoms with E-state index >= 15 is 0 Å². The van der Waals surface area contributed by atoms with Crippen molar-refractivity contribution in [3.05, 3.63) is 35.9 Å². The molecular formula is C14H19NO. The molecule has 0 bridgehead atoms. The standard InChI is InChI=1S/C14H19NO/c1-14(2)10-12(15(3)13(14)16)9-11-7-5-4-6-8-11/h4-8,12H,9-10H2,1-3H3. The average Bonchev–Trinajstić information content (AvgIpc) is 2.44. The fourth-order valence-corrected chi connectivity index (χ4v) is 2.55. The van der Waals surface area contributed by atoms with Gasteiger partial charge < -0.3 is 4.90 Å². The van der Waals surface area contributed by atoms with Crippen molar-refractivity contribution in [3.63, 3.8) is 0 Å². The maximum Gasteiger partial charge on any atom is 0.228 e. The van der Waals surface area contributed by atoms with E-state index in [0.717, 1.165) is 12.8 Å². The Labute approximate surface area is 97.3 Å². The number of carbonyl (C=O) groups is 1. The van der Waals surface area contributed by atoms with Crippen molar-refractivity contribution >= 4 is 5.91 Å². The molecule has 0 saturated carbocycles. The van der Waals surface area contributed by atoms with E-state index in [4.69, 9.17) is 0 Å². The number of likely N-dealkylation sites (N-methyl/N-ethyl adjacent to an activating group) is 1. The largest absolute Gasteiger partial charge is 0.342 e. The van der Waals surface area contributed by atoms with Crippen molar-refractivity contribution in [2.24, 2.45) is 5.41 Å². The zero-order valence-corrected chi connectivity index (χ0v) is 10.2. The first-order chi connectivity index (χ1) is 7.50. The highest BCUT2D eigenvalue weighted by molar-refractivity contribution is 5.84. The van der Waals surface area contributed by atoms with Crippen molar-refractivity contribution < 1.29 is 4.79 Å². The van der Waals surface area contributed by atoms with Gasteiger partial charge in [0.25, 0.3) is 0 Å². The van der Waals surface area contributed by atoms with Gasteiger partial charge in [-0.1, -0.05) is 44.2 Å². The fourth-order valence-electron chi connectivity index (χ4n) is 2.55. The molecule has 2 nitrogen and oxygen atoms in total. The van der Waals surface area contributed by atoms with Crippen LogP contribution in [-0.2, 0) is 11.2 Å². The molecule has 0 aliphatic carbocycles. The van der Waals surface area contributed by atoms with Gasteiger partial charge in [0.15, 0.2) is 0 Å². The molecule has 1 aliphatic rings. The molecule has 2 rings (SSSR count). The van der Waals surface area contributed by atoms with Crippen molar-refractivity contribution in [1.82, 2.24) is 4.90 Å². The number of likely N-dealkylation sites (tertiary alicyclic amines) is 1. The summed E-state index contributed by atoms with van der Waals surface area (Å²) < 4.78 is 0. The number of benzene rings is 1. The zero-order valence-electron chi connectivity index (χ0n) is 10.2. The first-order valence-electron chi connectivity index (χ1n) is 5.82. The monoisotopic (exact) mass is 217 g/mol. The molecule has 2 heteroatoms. The molecule has 0 N–H and O–H groups in total. The van der Waals surface area contributed by atoms with E-state index in [1.165, 1.54) is 5.56 Å². The van der Waals surface area contributed by atoms with Crippen LogP contribution < -0.4 is 0 Å². The molecule has 16 heavy (non-hydrogen) atoms. The number of rotatable bonds is 2. The van der Waals surface area contributed by atoms with Gasteiger partial charge >= 0.3 is 0 Å². The van der Waals surface area contributed by atoms with E-state index in [-0.39, 0.29) is 11.3 Å². The Morgan fingerprint density at radius 1 is 1.31 bits per heavy atom. The number of amides is 1. The second-order valence-corrected chi connectivity index (χ2v) is 5.35. The van der Waals surface area contributed by atoms with Crippen LogP contribution >= 0.6 is 0 Å². The Bertz CT molecular complexity index is 383. The van der Waals surface area contributed by atoms with E-state index in [9.17, 15) is 4.79 Å². The number of hydrogen-bond acceptors (Lipinski definition) is 1. The van der Waals surface area contributed by atoms with E-state index in [0.29, 0.717) is 6.04 Å². The topological polar surface area (TPSA) is 20.3 Å². The van der Waals surface area contributed by atoms with E-state index in [2.05, 4.69) is 24.3 Å². The van der Waals surface area contributed by atoms with Gasteiger partial charge in [-0.05, 0) is 18.4 Å². The zero-order chi connectivity index (χ0) is 11.8. The molecule has 1 amide bonds. The fraction of sp³-hybridized carbons (Fsp3) is 0.500. The summed E-state index contributed by atoms with van der Waals surface area (Å²) in [5, 5.41) is 0. The number of carbonyl (C=O) groups excluding carboxylic acids is 1. The van der Waals surface area contributed by atoms with Gasteiger partial charge in [0.1, 0.15) is 0 Å². The second-order valence-electron chi connectivity index (χ2n) is 5.35. The second kappa shape index (κ2) is 3.93. The van der Waals surface area contributed by atoms with Crippen molar-refractivity contribution in [3.8, 4) is 0 Å². The highest BCUT2D eigenvalue weighted by Crippen LogP contribution is 2.35. The molecule has 86 valence electrons. The van der Waals surface area contributed by atoms with Crippen molar-refractivity contribution in [2.45, 2.75) is 32.7 Å². The molecule has 1 heterocycles. The molecular weight excluding hydrogens is 198 g/mol. The molecule has 1 fully saturated rings. The first-order valence-corrected chi connectivity index (χ1v) is 5.82. The van der Waals surface area contributed by atoms with Gasteiger partial charge in [-0.2, -0.15) is 0 Å². The Hall–Kier alpha value is -1.31. The minimum absolute atomic E-state index is 0.186. The summed E-state index contributed by atoms with van der Waals surface area (Å²) in [6.45, 7) is 4.08. The Balaban J connectivity index is 2.11. The van der Waals surface area contributed by atoms with Gasteiger partial charge in [0, 0.05) is 18.5 Å². The third-order valence-corrected chi connectivity index (χ3v) is 3.51. The van der Waals surface area contributed by atoms with Crippen molar-refractivity contribution in [2.75, 3.05) is 7.05 Å². The maximum absolute atomic E-state index is 12.0. The summed E-state index contributed by atoms with van der Waals surface area (Å²) in [4.78, 5) is 13.9. The highest BCUT2D eigenvalue weighted by Gasteiger charge is 2.42. The number of nitrogens with zero attached hydrogens (tertiary/aromatic N) is 1. The molecule has 1 saturated heterocycles. The van der Waals surface area contributed by atoms with E-state index in [1.54, 1.807) is 0 Å². The molecule has 1 aliphatic heterocycles. The van der Waals surface area contributed by atoms with Crippen LogP contribution in [-0.4, -0.2) is 23.9 Å². The molecule has 0 radical (unpaired) electrons. The third kappa shape index (κ3) is 1.97. The first kappa shape index (κ1) is 11.2. The summed E-state index contributed by atoms with van der Waals surface area (Å²) in [5.41, 5.74) is 1.12. The lowest BCUT2D eigenvalue weighted by atomic mass is 9.88. The number of hydrogen-bond donors (Lipinski definition) is 0. The van der Waals surface area contributed by atoms with Crippen LogP contribution in [0.1, 0.15) is 25.8 Å². The Morgan fingerprint density at radius 3 is 2.44 bits per heavy atom. The Morgan fingerprint density at radius 2 is 1.94 bits per heavy atom. The van der Waals surface area contributed by atoms with Crippen LogP contribution in [0.3, 0.4) is 0 Å². The molecule has 1 atom stereocenters. The summed E-state index contributed by atoms with van der Waals surface area (Å²) in [6, 6.07) is 10.7. The van der Waals surface area contributed by atoms with Gasteiger partial charge in [-0.3, -0.25) is 4.79 Å². The van der Waals surface area contributed by atoms with Crippen LogP contribution in [0.2, 0.25) is 0 Å². The summed E-state index contributed by atoms with van der Waals surface area (Å²) in [7, 11) is 1.92. The van der Waals surface area contributed by atoms with Gasteiger partial charge in [0.05, 0.1) is 0 Å². The molecule has 1 unspecified atom stereocenters. The summed E-state index contributed by atoms with van der Waals surface area (Å²) in [5.74, 6) is 0.272. The molecule has 1 aromatic rings. The van der Waals surface area contributed by atoms with Crippen LogP contribution in [0.15, 0.2) is 30.3 Å². The third-order valence-electron chi connectivity index (χ3n) is 3.51. The van der Waals surface area contributed by atoms with E-state index < -0.39 is 0 Å². The summed E-state index contributed by atoms with van der Waals surface area (Å²) in [6.07, 6.45) is 1.92. The van der Waals surface area contributed by atoms with Crippen LogP contribution in [0.4, 0.5) is 0 Å². The summed E-state index contributed by atoms with van der Waals surface area (Å²) >= 11 is 0. The lowest BCUT2D eigenvalue weighted by Crippen LogP contribution is -2.32. The minimum atomic E-state index is -0.186. The van der Waals surface area contributed by atoms with E-state index in [1.807, 2.05) is 31.9 Å². The van der Waals surface area contributed by atoms with Crippen LogP contribution in [0.25, 0.3) is 0 Å². The molecule has 1 aromatic carbocycles. The Kier molecular flexibility index (Phi) is 2.75. The normalized spacial score (nSPS) is 23.8. The van der Waals surface area contributed by atoms with Gasteiger partial charge in [0.2, 0.25) is 5.91 Å². The maximum atomic E-state index is 12.0. The smallest absolute Gasteiger partial charge is 0.228 e. The van der Waals surface area contributed by atoms with Crippen molar-refractivity contribution in [1.29, 1.82) is 0 Å². The van der Waals surface area contributed by atoms with Crippen LogP contribution in [0, 0.1) is 5.41 Å². The average molecular weight is 217 g/mol. The molecule has 0 aromatic heterocycles. The van der Waals surface area contributed by atoms with Crippen LogP contribution in [0.5, 0.6) is 0 Å². The minimum Gasteiger partial charge on any atom is -0.342 e. The molecule has 0 spiro atoms. The lowest BCUT2D eigenvalue weighted by molar-refractivity contribution is -0.134. The SMILES string of the molecule is CN1C(=O)C(C)(C)CC1Cc1ccccc1. The predicted molar refractivity (Wildman–Crippen MR) is 65.1 cm³/mol. The highest BCUT2D eigenvalue weighted by atomic mass is 16.2. The van der Waals surface area contributed by atoms with Gasteiger partial charge in [-0.25, -0.2) is 0 Å². The predicted octanol–water partition coefficient (Wildman–Crippen LogP) is 2.49. The van der Waals surface area contributed by atoms with Gasteiger partial charge in [-0.15, -0.1) is 0 Å². The quantitative estimate of drug-likeness (QED) is 0.745.